The summed E-state index contributed by atoms with van der Waals surface area (Å²) in [5, 5.41) is 5.32. The lowest BCUT2D eigenvalue weighted by Gasteiger charge is -1.95. The molecule has 34 heavy (non-hydrogen) atoms. The molecule has 0 saturated carbocycles. The molecule has 0 amide bonds. The van der Waals surface area contributed by atoms with Gasteiger partial charge in [0.05, 0.1) is 0 Å². The van der Waals surface area contributed by atoms with Gasteiger partial charge in [0.25, 0.3) is 0 Å². The van der Waals surface area contributed by atoms with Gasteiger partial charge in [-0.05, 0) is 49.2 Å². The third kappa shape index (κ3) is 4.08. The van der Waals surface area contributed by atoms with E-state index in [4.69, 9.17) is 0 Å². The van der Waals surface area contributed by atoms with Gasteiger partial charge < -0.3 is 14.5 Å². The van der Waals surface area contributed by atoms with Crippen LogP contribution in [0.15, 0.2) is 109 Å². The SMILES string of the molecule is Cc1c[nH]c2ccccc12.Cc1c[nH]c2ccccc12.Cn1c2ccccc2c2ccccc21. The Hall–Kier alpha value is -4.24. The first-order valence-corrected chi connectivity index (χ1v) is 11.6. The Morgan fingerprint density at radius 2 is 0.824 bits per heavy atom. The highest BCUT2D eigenvalue weighted by Crippen LogP contribution is 2.27. The lowest BCUT2D eigenvalue weighted by molar-refractivity contribution is 1.01. The highest BCUT2D eigenvalue weighted by molar-refractivity contribution is 6.07. The van der Waals surface area contributed by atoms with Crippen LogP contribution in [0.3, 0.4) is 0 Å². The molecule has 0 aliphatic carbocycles. The van der Waals surface area contributed by atoms with Crippen LogP contribution in [-0.2, 0) is 7.05 Å². The average Bonchev–Trinajstić information content (AvgIpc) is 3.55. The minimum absolute atomic E-state index is 1.22. The van der Waals surface area contributed by atoms with E-state index < -0.39 is 0 Å². The highest BCUT2D eigenvalue weighted by atomic mass is 14.9. The normalized spacial score (nSPS) is 10.8. The van der Waals surface area contributed by atoms with E-state index >= 15 is 0 Å². The summed E-state index contributed by atoms with van der Waals surface area (Å²) in [5.41, 5.74) is 7.67. The Morgan fingerprint density at radius 3 is 1.24 bits per heavy atom. The molecule has 0 aliphatic rings. The van der Waals surface area contributed by atoms with Crippen molar-refractivity contribution in [3.63, 3.8) is 0 Å². The maximum atomic E-state index is 3.19. The number of para-hydroxylation sites is 4. The molecule has 168 valence electrons. The summed E-state index contributed by atoms with van der Waals surface area (Å²) in [6.45, 7) is 4.22. The van der Waals surface area contributed by atoms with Crippen molar-refractivity contribution >= 4 is 43.6 Å². The number of hydrogen-bond donors (Lipinski definition) is 2. The summed E-state index contributed by atoms with van der Waals surface area (Å²) in [4.78, 5) is 6.38. The van der Waals surface area contributed by atoms with Crippen molar-refractivity contribution in [3.8, 4) is 0 Å². The van der Waals surface area contributed by atoms with Gasteiger partial charge in [-0.25, -0.2) is 0 Å². The lowest BCUT2D eigenvalue weighted by atomic mass is 10.2. The van der Waals surface area contributed by atoms with Gasteiger partial charge in [-0.2, -0.15) is 0 Å². The minimum atomic E-state index is 1.22. The molecule has 0 aliphatic heterocycles. The van der Waals surface area contributed by atoms with Crippen molar-refractivity contribution in [1.82, 2.24) is 14.5 Å². The van der Waals surface area contributed by atoms with E-state index in [1.807, 2.05) is 24.5 Å². The van der Waals surface area contributed by atoms with Crippen molar-refractivity contribution < 1.29 is 0 Å². The van der Waals surface area contributed by atoms with Gasteiger partial charge in [0.15, 0.2) is 0 Å². The van der Waals surface area contributed by atoms with E-state index in [0.29, 0.717) is 0 Å². The summed E-state index contributed by atoms with van der Waals surface area (Å²) < 4.78 is 2.24. The molecule has 7 aromatic rings. The van der Waals surface area contributed by atoms with Crippen molar-refractivity contribution in [1.29, 1.82) is 0 Å². The van der Waals surface area contributed by atoms with Gasteiger partial charge in [-0.3, -0.25) is 0 Å². The molecule has 0 radical (unpaired) electrons. The second kappa shape index (κ2) is 9.32. The number of nitrogens with one attached hydrogen (secondary N) is 2. The van der Waals surface area contributed by atoms with Crippen molar-refractivity contribution in [3.05, 3.63) is 121 Å². The zero-order valence-electron chi connectivity index (χ0n) is 19.8. The lowest BCUT2D eigenvalue weighted by Crippen LogP contribution is -1.84. The molecule has 0 atom stereocenters. The molecule has 0 spiro atoms. The van der Waals surface area contributed by atoms with Crippen LogP contribution in [0.5, 0.6) is 0 Å². The molecule has 2 N–H and O–H groups in total. The van der Waals surface area contributed by atoms with Crippen molar-refractivity contribution in [2.24, 2.45) is 7.05 Å². The molecule has 0 bridgehead atoms. The summed E-state index contributed by atoms with van der Waals surface area (Å²) in [5.74, 6) is 0. The predicted octanol–water partition coefficient (Wildman–Crippen LogP) is 8.28. The monoisotopic (exact) mass is 443 g/mol. The summed E-state index contributed by atoms with van der Waals surface area (Å²) in [7, 11) is 2.12. The number of rotatable bonds is 0. The van der Waals surface area contributed by atoms with Crippen LogP contribution >= 0.6 is 0 Å². The van der Waals surface area contributed by atoms with Gasteiger partial charge in [0, 0.05) is 63.1 Å². The Morgan fingerprint density at radius 1 is 0.471 bits per heavy atom. The molecule has 0 saturated heterocycles. The fraction of sp³-hybridized carbons (Fsp3) is 0.0968. The molecule has 7 rings (SSSR count). The fourth-order valence-electron chi connectivity index (χ4n) is 4.55. The van der Waals surface area contributed by atoms with Crippen LogP contribution in [0.25, 0.3) is 43.6 Å². The molecule has 0 fully saturated rings. The number of benzene rings is 4. The Kier molecular flexibility index (Phi) is 5.92. The predicted molar refractivity (Wildman–Crippen MR) is 146 cm³/mol. The topological polar surface area (TPSA) is 36.5 Å². The third-order valence-corrected chi connectivity index (χ3v) is 6.41. The van der Waals surface area contributed by atoms with Crippen LogP contribution in [0.4, 0.5) is 0 Å². The summed E-state index contributed by atoms with van der Waals surface area (Å²) >= 11 is 0. The van der Waals surface area contributed by atoms with Crippen LogP contribution < -0.4 is 0 Å². The quantitative estimate of drug-likeness (QED) is 0.237. The molecule has 3 nitrogen and oxygen atoms in total. The van der Waals surface area contributed by atoms with Gasteiger partial charge in [-0.1, -0.05) is 72.8 Å². The molecule has 0 unspecified atom stereocenters. The summed E-state index contributed by atoms with van der Waals surface area (Å²) in [6, 6.07) is 33.7. The minimum Gasteiger partial charge on any atom is -0.361 e. The first-order chi connectivity index (χ1) is 16.6. The molecule has 3 heteroatoms. The first kappa shape index (κ1) is 21.6. The maximum Gasteiger partial charge on any atom is 0.0488 e. The van der Waals surface area contributed by atoms with E-state index in [1.54, 1.807) is 0 Å². The zero-order chi connectivity index (χ0) is 23.5. The summed E-state index contributed by atoms with van der Waals surface area (Å²) in [6.07, 6.45) is 4.06. The highest BCUT2D eigenvalue weighted by Gasteiger charge is 2.05. The Labute approximate surface area is 199 Å². The van der Waals surface area contributed by atoms with Crippen molar-refractivity contribution in [2.75, 3.05) is 0 Å². The van der Waals surface area contributed by atoms with E-state index in [1.165, 1.54) is 54.7 Å². The van der Waals surface area contributed by atoms with Crippen LogP contribution in [-0.4, -0.2) is 14.5 Å². The van der Waals surface area contributed by atoms with Gasteiger partial charge in [0.1, 0.15) is 0 Å². The standard InChI is InChI=1S/C13H11N.2C9H9N/c1-14-12-8-4-2-6-10(12)11-7-3-5-9-13(11)14;2*1-7-6-10-9-5-3-2-4-8(7)9/h2-9H,1H3;2*2-6,10H,1H3. The second-order valence-corrected chi connectivity index (χ2v) is 8.63. The van der Waals surface area contributed by atoms with E-state index in [9.17, 15) is 0 Å². The largest absolute Gasteiger partial charge is 0.361 e. The fourth-order valence-corrected chi connectivity index (χ4v) is 4.55. The average molecular weight is 444 g/mol. The van der Waals surface area contributed by atoms with E-state index in [-0.39, 0.29) is 0 Å². The third-order valence-electron chi connectivity index (χ3n) is 6.41. The zero-order valence-corrected chi connectivity index (χ0v) is 19.8. The molecular formula is C31H29N3. The molecule has 4 aromatic carbocycles. The second-order valence-electron chi connectivity index (χ2n) is 8.63. The Bertz CT molecular complexity index is 1570. The molecular weight excluding hydrogens is 414 g/mol. The van der Waals surface area contributed by atoms with Crippen LogP contribution in [0.2, 0.25) is 0 Å². The number of nitrogens with zero attached hydrogens (tertiary/aromatic N) is 1. The smallest absolute Gasteiger partial charge is 0.0488 e. The van der Waals surface area contributed by atoms with Gasteiger partial charge >= 0.3 is 0 Å². The van der Waals surface area contributed by atoms with E-state index in [2.05, 4.69) is 120 Å². The first-order valence-electron chi connectivity index (χ1n) is 11.6. The number of H-pyrrole nitrogens is 2. The number of aromatic nitrogens is 3. The van der Waals surface area contributed by atoms with Crippen LogP contribution in [0.1, 0.15) is 11.1 Å². The van der Waals surface area contributed by atoms with Gasteiger partial charge in [0.2, 0.25) is 0 Å². The number of aromatic amines is 2. The maximum absolute atomic E-state index is 3.19. The molecule has 3 aromatic heterocycles. The number of hydrogen-bond acceptors (Lipinski definition) is 0. The molecule has 3 heterocycles. The number of fused-ring (bicyclic) bond motifs is 5. The van der Waals surface area contributed by atoms with Gasteiger partial charge in [-0.15, -0.1) is 0 Å². The van der Waals surface area contributed by atoms with Crippen molar-refractivity contribution in [2.45, 2.75) is 13.8 Å². The van der Waals surface area contributed by atoms with Crippen LogP contribution in [0, 0.1) is 13.8 Å². The number of aryl methyl sites for hydroxylation is 3. The Balaban J connectivity index is 0.000000109. The van der Waals surface area contributed by atoms with E-state index in [0.717, 1.165) is 0 Å².